The molecule has 0 heterocycles. The first-order valence-electron chi connectivity index (χ1n) is 7.85. The zero-order valence-electron chi connectivity index (χ0n) is 13.7. The van der Waals surface area contributed by atoms with Gasteiger partial charge < -0.3 is 5.32 Å². The second-order valence-corrected chi connectivity index (χ2v) is 7.30. The normalized spacial score (nSPS) is 22.7. The zero-order valence-corrected chi connectivity index (χ0v) is 14.4. The maximum Gasteiger partial charge on any atom is 0.426 e. The van der Waals surface area contributed by atoms with Crippen molar-refractivity contribution < 1.29 is 18.0 Å². The van der Waals surface area contributed by atoms with Crippen molar-refractivity contribution >= 4 is 34.0 Å². The molecule has 1 amide bonds. The molecular formula is C19H17ClF3NO. The number of benzene rings is 2. The van der Waals surface area contributed by atoms with Crippen molar-refractivity contribution in [3.05, 3.63) is 53.6 Å². The number of carbonyl (C=O) groups excluding carboxylic acids is 1. The number of halogens is 4. The van der Waals surface area contributed by atoms with Gasteiger partial charge in [-0.1, -0.05) is 61.9 Å². The van der Waals surface area contributed by atoms with Gasteiger partial charge in [-0.05, 0) is 34.2 Å². The summed E-state index contributed by atoms with van der Waals surface area (Å²) in [5.41, 5.74) is 0.0582. The van der Waals surface area contributed by atoms with Crippen LogP contribution in [0.15, 0.2) is 53.6 Å². The van der Waals surface area contributed by atoms with Crippen LogP contribution in [-0.2, 0) is 4.79 Å². The number of alkyl halides is 3. The number of rotatable bonds is 3. The van der Waals surface area contributed by atoms with Crippen molar-refractivity contribution in [3.63, 3.8) is 0 Å². The molecule has 1 aliphatic rings. The predicted molar refractivity (Wildman–Crippen MR) is 93.3 cm³/mol. The van der Waals surface area contributed by atoms with E-state index in [4.69, 9.17) is 11.6 Å². The van der Waals surface area contributed by atoms with Gasteiger partial charge in [-0.3, -0.25) is 4.79 Å². The molecule has 1 aliphatic carbocycles. The highest BCUT2D eigenvalue weighted by Gasteiger charge is 2.61. The van der Waals surface area contributed by atoms with Gasteiger partial charge in [0, 0.05) is 5.69 Å². The van der Waals surface area contributed by atoms with E-state index in [1.807, 2.05) is 36.4 Å². The lowest BCUT2D eigenvalue weighted by Gasteiger charge is -2.07. The average Bonchev–Trinajstić information content (AvgIpc) is 3.07. The quantitative estimate of drug-likeness (QED) is 0.736. The summed E-state index contributed by atoms with van der Waals surface area (Å²) in [5, 5.41) is 3.65. The minimum Gasteiger partial charge on any atom is -0.326 e. The van der Waals surface area contributed by atoms with Crippen LogP contribution in [0.5, 0.6) is 0 Å². The maximum absolute atomic E-state index is 12.6. The Labute approximate surface area is 148 Å². The highest BCUT2D eigenvalue weighted by Crippen LogP contribution is 2.60. The van der Waals surface area contributed by atoms with E-state index in [9.17, 15) is 18.0 Å². The van der Waals surface area contributed by atoms with E-state index in [0.29, 0.717) is 5.69 Å². The summed E-state index contributed by atoms with van der Waals surface area (Å²) >= 11 is 5.32. The first kappa shape index (κ1) is 17.8. The molecule has 0 bridgehead atoms. The van der Waals surface area contributed by atoms with Gasteiger partial charge in [-0.25, -0.2) is 0 Å². The third kappa shape index (κ3) is 3.52. The fourth-order valence-electron chi connectivity index (χ4n) is 3.23. The van der Waals surface area contributed by atoms with Gasteiger partial charge >= 0.3 is 6.18 Å². The van der Waals surface area contributed by atoms with Crippen LogP contribution in [0, 0.1) is 17.3 Å². The third-order valence-corrected chi connectivity index (χ3v) is 5.15. The summed E-state index contributed by atoms with van der Waals surface area (Å²) in [6.07, 6.45) is -3.63. The van der Waals surface area contributed by atoms with E-state index in [0.717, 1.165) is 16.8 Å². The number of anilines is 1. The molecule has 0 aromatic heterocycles. The highest BCUT2D eigenvalue weighted by molar-refractivity contribution is 6.30. The summed E-state index contributed by atoms with van der Waals surface area (Å²) in [6, 6.07) is 13.2. The van der Waals surface area contributed by atoms with E-state index in [1.165, 1.54) is 0 Å². The van der Waals surface area contributed by atoms with Gasteiger partial charge in [0.1, 0.15) is 5.03 Å². The highest BCUT2D eigenvalue weighted by atomic mass is 35.5. The van der Waals surface area contributed by atoms with Crippen molar-refractivity contribution in [2.75, 3.05) is 5.32 Å². The Bertz CT molecular complexity index is 857. The second kappa shape index (κ2) is 6.06. The van der Waals surface area contributed by atoms with Gasteiger partial charge in [-0.15, -0.1) is 0 Å². The Morgan fingerprint density at radius 1 is 1.16 bits per heavy atom. The number of carbonyl (C=O) groups is 1. The van der Waals surface area contributed by atoms with E-state index in [1.54, 1.807) is 19.9 Å². The van der Waals surface area contributed by atoms with Crippen LogP contribution >= 0.6 is 11.6 Å². The molecule has 2 aromatic carbocycles. The van der Waals surface area contributed by atoms with Crippen molar-refractivity contribution in [3.8, 4) is 0 Å². The molecule has 3 rings (SSSR count). The minimum absolute atomic E-state index is 0.298. The van der Waals surface area contributed by atoms with Crippen molar-refractivity contribution in [1.29, 1.82) is 0 Å². The molecular weight excluding hydrogens is 351 g/mol. The van der Waals surface area contributed by atoms with Crippen LogP contribution < -0.4 is 5.32 Å². The average molecular weight is 368 g/mol. The fourth-order valence-corrected chi connectivity index (χ4v) is 3.36. The topological polar surface area (TPSA) is 29.1 Å². The molecule has 1 fully saturated rings. The first-order chi connectivity index (χ1) is 11.6. The SMILES string of the molecule is CC1(C)C(C=C(Cl)C(F)(F)F)C1C(=O)Nc1ccc2ccccc2c1. The van der Waals surface area contributed by atoms with Gasteiger partial charge in [0.2, 0.25) is 5.91 Å². The number of fused-ring (bicyclic) bond motifs is 1. The Morgan fingerprint density at radius 3 is 2.44 bits per heavy atom. The molecule has 0 aliphatic heterocycles. The van der Waals surface area contributed by atoms with E-state index < -0.39 is 28.5 Å². The van der Waals surface area contributed by atoms with Crippen molar-refractivity contribution in [2.24, 2.45) is 17.3 Å². The summed E-state index contributed by atoms with van der Waals surface area (Å²) < 4.78 is 37.8. The maximum atomic E-state index is 12.6. The number of amides is 1. The van der Waals surface area contributed by atoms with Crippen LogP contribution in [0.25, 0.3) is 10.8 Å². The Morgan fingerprint density at radius 2 is 1.80 bits per heavy atom. The largest absolute Gasteiger partial charge is 0.426 e. The third-order valence-electron chi connectivity index (χ3n) is 4.81. The smallest absolute Gasteiger partial charge is 0.326 e. The van der Waals surface area contributed by atoms with Gasteiger partial charge in [0.15, 0.2) is 0 Å². The monoisotopic (exact) mass is 367 g/mol. The van der Waals surface area contributed by atoms with Crippen LogP contribution in [0.2, 0.25) is 0 Å². The summed E-state index contributed by atoms with van der Waals surface area (Å²) in [6.45, 7) is 3.53. The molecule has 0 spiro atoms. The van der Waals surface area contributed by atoms with Gasteiger partial charge in [0.05, 0.1) is 5.92 Å². The van der Waals surface area contributed by atoms with Gasteiger partial charge in [-0.2, -0.15) is 13.2 Å². The second-order valence-electron chi connectivity index (χ2n) is 6.89. The lowest BCUT2D eigenvalue weighted by atomic mass is 10.1. The van der Waals surface area contributed by atoms with Gasteiger partial charge in [0.25, 0.3) is 0 Å². The number of hydrogen-bond acceptors (Lipinski definition) is 1. The number of hydrogen-bond donors (Lipinski definition) is 1. The summed E-state index contributed by atoms with van der Waals surface area (Å²) in [7, 11) is 0. The molecule has 0 radical (unpaired) electrons. The molecule has 1 saturated carbocycles. The van der Waals surface area contributed by atoms with Crippen LogP contribution in [0.1, 0.15) is 13.8 Å². The molecule has 2 aromatic rings. The Kier molecular flexibility index (Phi) is 4.31. The van der Waals surface area contributed by atoms with E-state index >= 15 is 0 Å². The van der Waals surface area contributed by atoms with Crippen molar-refractivity contribution in [2.45, 2.75) is 20.0 Å². The lowest BCUT2D eigenvalue weighted by molar-refractivity contribution is -0.118. The zero-order chi connectivity index (χ0) is 18.4. The molecule has 132 valence electrons. The molecule has 0 saturated heterocycles. The molecule has 2 nitrogen and oxygen atoms in total. The van der Waals surface area contributed by atoms with Crippen molar-refractivity contribution in [1.82, 2.24) is 0 Å². The molecule has 2 unspecified atom stereocenters. The van der Waals surface area contributed by atoms with Crippen LogP contribution in [0.3, 0.4) is 0 Å². The minimum atomic E-state index is -4.58. The molecule has 2 atom stereocenters. The molecule has 25 heavy (non-hydrogen) atoms. The van der Waals surface area contributed by atoms with E-state index in [-0.39, 0.29) is 5.91 Å². The molecule has 1 N–H and O–H groups in total. The molecule has 6 heteroatoms. The fraction of sp³-hybridized carbons (Fsp3) is 0.316. The van der Waals surface area contributed by atoms with Crippen LogP contribution in [0.4, 0.5) is 18.9 Å². The van der Waals surface area contributed by atoms with Crippen LogP contribution in [-0.4, -0.2) is 12.1 Å². The Balaban J connectivity index is 1.76. The number of nitrogens with one attached hydrogen (secondary N) is 1. The Hall–Kier alpha value is -2.01. The lowest BCUT2D eigenvalue weighted by Crippen LogP contribution is -2.16. The summed E-state index contributed by atoms with van der Waals surface area (Å²) in [4.78, 5) is 12.5. The number of allylic oxidation sites excluding steroid dienone is 2. The van der Waals surface area contributed by atoms with E-state index in [2.05, 4.69) is 5.32 Å². The predicted octanol–water partition coefficient (Wildman–Crippen LogP) is 5.74. The standard InChI is InChI=1S/C19H17ClF3NO/c1-18(2)14(10-15(20)19(21,22)23)16(18)17(25)24-13-8-7-11-5-3-4-6-12(11)9-13/h3-10,14,16H,1-2H3,(H,24,25). The first-order valence-corrected chi connectivity index (χ1v) is 8.22. The summed E-state index contributed by atoms with van der Waals surface area (Å²) in [5.74, 6) is -1.38.